The van der Waals surface area contributed by atoms with Gasteiger partial charge in [0.25, 0.3) is 0 Å². The first kappa shape index (κ1) is 15.3. The highest BCUT2D eigenvalue weighted by atomic mass is 15.3. The molecule has 19 heavy (non-hydrogen) atoms. The molecule has 2 aliphatic rings. The molecule has 112 valence electrons. The first-order valence-corrected chi connectivity index (χ1v) is 8.42. The number of rotatable bonds is 2. The Balaban J connectivity index is 2.07. The van der Waals surface area contributed by atoms with E-state index in [0.29, 0.717) is 17.5 Å². The highest BCUT2D eigenvalue weighted by molar-refractivity contribution is 4.95. The fraction of sp³-hybridized carbons (Fsp3) is 1.00. The van der Waals surface area contributed by atoms with Gasteiger partial charge in [0.1, 0.15) is 0 Å². The van der Waals surface area contributed by atoms with Crippen LogP contribution in [0, 0.1) is 11.3 Å². The average Bonchev–Trinajstić information content (AvgIpc) is 2.38. The Bertz CT molecular complexity index is 281. The third-order valence-electron chi connectivity index (χ3n) is 5.48. The largest absolute Gasteiger partial charge is 0.311 e. The van der Waals surface area contributed by atoms with Gasteiger partial charge in [-0.1, -0.05) is 47.0 Å². The molecule has 0 aromatic heterocycles. The summed E-state index contributed by atoms with van der Waals surface area (Å²) in [7, 11) is 0. The van der Waals surface area contributed by atoms with Crippen LogP contribution in [0.25, 0.3) is 0 Å². The van der Waals surface area contributed by atoms with E-state index >= 15 is 0 Å². The van der Waals surface area contributed by atoms with Crippen molar-refractivity contribution >= 4 is 0 Å². The molecule has 0 radical (unpaired) electrons. The molecule has 4 unspecified atom stereocenters. The molecule has 2 fully saturated rings. The zero-order valence-corrected chi connectivity index (χ0v) is 13.7. The van der Waals surface area contributed by atoms with Crippen LogP contribution in [0.3, 0.4) is 0 Å². The molecule has 0 spiro atoms. The summed E-state index contributed by atoms with van der Waals surface area (Å²) in [6.45, 7) is 14.3. The van der Waals surface area contributed by atoms with Crippen molar-refractivity contribution < 1.29 is 0 Å². The van der Waals surface area contributed by atoms with E-state index < -0.39 is 0 Å². The second-order valence-electron chi connectivity index (χ2n) is 7.89. The van der Waals surface area contributed by atoms with Crippen LogP contribution in [0.4, 0.5) is 0 Å². The highest BCUT2D eigenvalue weighted by Crippen LogP contribution is 2.34. The van der Waals surface area contributed by atoms with Gasteiger partial charge in [-0.15, -0.1) is 0 Å². The minimum Gasteiger partial charge on any atom is -0.311 e. The van der Waals surface area contributed by atoms with Crippen molar-refractivity contribution in [2.45, 2.75) is 84.8 Å². The van der Waals surface area contributed by atoms with E-state index in [4.69, 9.17) is 0 Å². The third-order valence-corrected chi connectivity index (χ3v) is 5.48. The van der Waals surface area contributed by atoms with Crippen LogP contribution < -0.4 is 5.32 Å². The highest BCUT2D eigenvalue weighted by Gasteiger charge is 2.38. The molecule has 2 rings (SSSR count). The van der Waals surface area contributed by atoms with E-state index in [1.165, 1.54) is 38.6 Å². The fourth-order valence-electron chi connectivity index (χ4n) is 4.03. The molecular formula is C17H34N2. The van der Waals surface area contributed by atoms with E-state index in [9.17, 15) is 0 Å². The maximum absolute atomic E-state index is 3.77. The van der Waals surface area contributed by atoms with Crippen molar-refractivity contribution in [2.75, 3.05) is 13.1 Å². The van der Waals surface area contributed by atoms with Crippen LogP contribution in [-0.4, -0.2) is 36.1 Å². The number of piperazine rings is 1. The molecule has 1 heterocycles. The molecule has 0 amide bonds. The quantitative estimate of drug-likeness (QED) is 0.820. The van der Waals surface area contributed by atoms with Crippen molar-refractivity contribution in [1.82, 2.24) is 10.2 Å². The van der Waals surface area contributed by atoms with E-state index in [2.05, 4.69) is 44.8 Å². The van der Waals surface area contributed by atoms with Crippen molar-refractivity contribution in [3.8, 4) is 0 Å². The van der Waals surface area contributed by atoms with Gasteiger partial charge in [0, 0.05) is 31.2 Å². The van der Waals surface area contributed by atoms with Crippen LogP contribution >= 0.6 is 0 Å². The molecule has 2 heteroatoms. The lowest BCUT2D eigenvalue weighted by molar-refractivity contribution is 0.0157. The van der Waals surface area contributed by atoms with Crippen LogP contribution in [-0.2, 0) is 0 Å². The Morgan fingerprint density at radius 3 is 2.47 bits per heavy atom. The van der Waals surface area contributed by atoms with Gasteiger partial charge in [0.15, 0.2) is 0 Å². The van der Waals surface area contributed by atoms with Crippen LogP contribution in [0.5, 0.6) is 0 Å². The van der Waals surface area contributed by atoms with Gasteiger partial charge < -0.3 is 5.32 Å². The summed E-state index contributed by atoms with van der Waals surface area (Å²) in [5.74, 6) is 0.940. The molecule has 0 aromatic rings. The van der Waals surface area contributed by atoms with Crippen LogP contribution in [0.15, 0.2) is 0 Å². The summed E-state index contributed by atoms with van der Waals surface area (Å²) in [6, 6.07) is 2.19. The monoisotopic (exact) mass is 266 g/mol. The fourth-order valence-corrected chi connectivity index (χ4v) is 4.03. The normalized spacial score (nSPS) is 38.4. The Labute approximate surface area is 120 Å². The third kappa shape index (κ3) is 3.52. The van der Waals surface area contributed by atoms with E-state index in [1.807, 2.05) is 0 Å². The summed E-state index contributed by atoms with van der Waals surface area (Å²) in [5, 5.41) is 3.77. The molecule has 4 atom stereocenters. The Morgan fingerprint density at radius 2 is 1.84 bits per heavy atom. The summed E-state index contributed by atoms with van der Waals surface area (Å²) in [6.07, 6.45) is 7.15. The second kappa shape index (κ2) is 6.13. The van der Waals surface area contributed by atoms with E-state index in [1.54, 1.807) is 0 Å². The maximum Gasteiger partial charge on any atom is 0.0244 e. The van der Waals surface area contributed by atoms with E-state index in [-0.39, 0.29) is 0 Å². The molecule has 1 saturated heterocycles. The van der Waals surface area contributed by atoms with Crippen molar-refractivity contribution in [2.24, 2.45) is 11.3 Å². The van der Waals surface area contributed by atoms with Gasteiger partial charge in [-0.2, -0.15) is 0 Å². The SMILES string of the molecule is CCC1CCCCC1N1CC(C(C)(C)C)NCC1C. The molecular weight excluding hydrogens is 232 g/mol. The second-order valence-corrected chi connectivity index (χ2v) is 7.89. The molecule has 1 aliphatic heterocycles. The van der Waals surface area contributed by atoms with Crippen LogP contribution in [0.2, 0.25) is 0 Å². The Hall–Kier alpha value is -0.0800. The van der Waals surface area contributed by atoms with Gasteiger partial charge in [-0.25, -0.2) is 0 Å². The Morgan fingerprint density at radius 1 is 1.16 bits per heavy atom. The zero-order valence-electron chi connectivity index (χ0n) is 13.7. The minimum absolute atomic E-state index is 0.370. The molecule has 1 aliphatic carbocycles. The maximum atomic E-state index is 3.77. The summed E-state index contributed by atoms with van der Waals surface area (Å²) < 4.78 is 0. The van der Waals surface area contributed by atoms with Crippen molar-refractivity contribution in [3.05, 3.63) is 0 Å². The number of nitrogens with one attached hydrogen (secondary N) is 1. The summed E-state index contributed by atoms with van der Waals surface area (Å²) >= 11 is 0. The Kier molecular flexibility index (Phi) is 4.94. The predicted octanol–water partition coefficient (Wildman–Crippen LogP) is 3.66. The van der Waals surface area contributed by atoms with Crippen LogP contribution in [0.1, 0.15) is 66.7 Å². The standard InChI is InChI=1S/C17H34N2/c1-6-14-9-7-8-10-15(14)19-12-16(17(3,4)5)18-11-13(19)2/h13-16,18H,6-12H2,1-5H3. The first-order chi connectivity index (χ1) is 8.93. The van der Waals surface area contributed by atoms with Crippen molar-refractivity contribution in [1.29, 1.82) is 0 Å². The summed E-state index contributed by atoms with van der Waals surface area (Å²) in [5.41, 5.74) is 0.370. The van der Waals surface area contributed by atoms with Gasteiger partial charge in [0.05, 0.1) is 0 Å². The molecule has 2 nitrogen and oxygen atoms in total. The smallest absolute Gasteiger partial charge is 0.0244 e. The molecule has 1 N–H and O–H groups in total. The molecule has 0 aromatic carbocycles. The molecule has 1 saturated carbocycles. The number of hydrogen-bond donors (Lipinski definition) is 1. The van der Waals surface area contributed by atoms with Gasteiger partial charge >= 0.3 is 0 Å². The average molecular weight is 266 g/mol. The summed E-state index contributed by atoms with van der Waals surface area (Å²) in [4.78, 5) is 2.85. The predicted molar refractivity (Wildman–Crippen MR) is 83.5 cm³/mol. The van der Waals surface area contributed by atoms with Crippen molar-refractivity contribution in [3.63, 3.8) is 0 Å². The van der Waals surface area contributed by atoms with Gasteiger partial charge in [0.2, 0.25) is 0 Å². The lowest BCUT2D eigenvalue weighted by Crippen LogP contribution is -2.63. The number of nitrogens with zero attached hydrogens (tertiary/aromatic N) is 1. The lowest BCUT2D eigenvalue weighted by atomic mass is 9.79. The minimum atomic E-state index is 0.370. The van der Waals surface area contributed by atoms with Gasteiger partial charge in [-0.05, 0) is 31.1 Å². The molecule has 0 bridgehead atoms. The van der Waals surface area contributed by atoms with E-state index in [0.717, 1.165) is 18.5 Å². The topological polar surface area (TPSA) is 15.3 Å². The first-order valence-electron chi connectivity index (χ1n) is 8.42. The zero-order chi connectivity index (χ0) is 14.0. The lowest BCUT2D eigenvalue weighted by Gasteiger charge is -2.50. The number of hydrogen-bond acceptors (Lipinski definition) is 2. The van der Waals surface area contributed by atoms with Gasteiger partial charge in [-0.3, -0.25) is 4.90 Å².